The Morgan fingerprint density at radius 3 is 2.80 bits per heavy atom. The molecule has 0 radical (unpaired) electrons. The molecule has 1 unspecified atom stereocenters. The second-order valence-corrected chi connectivity index (χ2v) is 7.02. The van der Waals surface area contributed by atoms with Crippen LogP contribution in [0.5, 0.6) is 0 Å². The highest BCUT2D eigenvalue weighted by Crippen LogP contribution is 2.35. The number of carbonyl (C=O) groups excluding carboxylic acids is 1. The molecule has 2 heterocycles. The normalized spacial score (nSPS) is 21.8. The lowest BCUT2D eigenvalue weighted by Gasteiger charge is -2.44. The van der Waals surface area contributed by atoms with Crippen LogP contribution in [0, 0.1) is 12.3 Å². The first-order valence-electron chi connectivity index (χ1n) is 6.74. The first-order valence-corrected chi connectivity index (χ1v) is 7.62. The lowest BCUT2D eigenvalue weighted by molar-refractivity contribution is -0.158. The van der Waals surface area contributed by atoms with Crippen molar-refractivity contribution in [2.75, 3.05) is 6.54 Å². The maximum atomic E-state index is 12.4. The molecule has 0 bridgehead atoms. The van der Waals surface area contributed by atoms with Gasteiger partial charge in [-0.2, -0.15) is 0 Å². The summed E-state index contributed by atoms with van der Waals surface area (Å²) in [6.45, 7) is 6.24. The van der Waals surface area contributed by atoms with E-state index >= 15 is 0 Å². The molecule has 1 aromatic heterocycles. The molecular weight excluding hydrogens is 276 g/mol. The average molecular weight is 296 g/mol. The predicted molar refractivity (Wildman–Crippen MR) is 76.7 cm³/mol. The van der Waals surface area contributed by atoms with Gasteiger partial charge >= 0.3 is 5.97 Å². The Bertz CT molecular complexity index is 524. The molecule has 0 saturated carbocycles. The van der Waals surface area contributed by atoms with Crippen molar-refractivity contribution in [2.45, 2.75) is 46.1 Å². The zero-order chi connectivity index (χ0) is 14.9. The number of carbonyl (C=O) groups is 2. The summed E-state index contributed by atoms with van der Waals surface area (Å²) >= 11 is 1.50. The van der Waals surface area contributed by atoms with E-state index in [0.29, 0.717) is 6.54 Å². The molecule has 1 atom stereocenters. The van der Waals surface area contributed by atoms with Crippen molar-refractivity contribution >= 4 is 23.2 Å². The topological polar surface area (TPSA) is 70.5 Å². The van der Waals surface area contributed by atoms with Gasteiger partial charge in [0.05, 0.1) is 17.1 Å². The third-order valence-electron chi connectivity index (χ3n) is 3.83. The van der Waals surface area contributed by atoms with E-state index in [1.165, 1.54) is 16.2 Å². The summed E-state index contributed by atoms with van der Waals surface area (Å²) in [7, 11) is 0. The first kappa shape index (κ1) is 15.0. The molecule has 1 fully saturated rings. The number of amides is 1. The van der Waals surface area contributed by atoms with Crippen molar-refractivity contribution in [1.82, 2.24) is 9.88 Å². The molecule has 5 nitrogen and oxygen atoms in total. The van der Waals surface area contributed by atoms with Crippen molar-refractivity contribution in [3.8, 4) is 0 Å². The molecule has 1 saturated heterocycles. The average Bonchev–Trinajstić information content (AvgIpc) is 2.72. The number of rotatable bonds is 3. The van der Waals surface area contributed by atoms with Gasteiger partial charge in [-0.1, -0.05) is 13.8 Å². The van der Waals surface area contributed by atoms with Crippen molar-refractivity contribution in [3.63, 3.8) is 0 Å². The number of hydrogen-bond acceptors (Lipinski definition) is 4. The van der Waals surface area contributed by atoms with Crippen LogP contribution in [0.25, 0.3) is 0 Å². The van der Waals surface area contributed by atoms with E-state index in [1.54, 1.807) is 0 Å². The summed E-state index contributed by atoms with van der Waals surface area (Å²) in [5, 5.41) is 12.2. The highest BCUT2D eigenvalue weighted by Gasteiger charge is 2.44. The van der Waals surface area contributed by atoms with Gasteiger partial charge in [0, 0.05) is 11.9 Å². The largest absolute Gasteiger partial charge is 0.480 e. The third kappa shape index (κ3) is 3.00. The van der Waals surface area contributed by atoms with E-state index in [2.05, 4.69) is 4.98 Å². The maximum absolute atomic E-state index is 12.4. The number of aryl methyl sites for hydroxylation is 1. The molecule has 0 aliphatic carbocycles. The van der Waals surface area contributed by atoms with Gasteiger partial charge < -0.3 is 10.0 Å². The lowest BCUT2D eigenvalue weighted by atomic mass is 9.76. The molecule has 0 spiro atoms. The van der Waals surface area contributed by atoms with Gasteiger partial charge in [0.1, 0.15) is 6.04 Å². The minimum absolute atomic E-state index is 0.143. The van der Waals surface area contributed by atoms with E-state index in [4.69, 9.17) is 0 Å². The molecule has 0 aromatic carbocycles. The standard InChI is InChI=1S/C14H20N2O3S/c1-9-15-10(8-20-9)7-11(17)16-6-4-5-14(2,3)12(16)13(18)19/h8,12H,4-7H2,1-3H3,(H,18,19). The SMILES string of the molecule is Cc1nc(CC(=O)N2CCCC(C)(C)C2C(=O)O)cs1. The highest BCUT2D eigenvalue weighted by atomic mass is 32.1. The fraction of sp³-hybridized carbons (Fsp3) is 0.643. The molecule has 1 aliphatic heterocycles. The summed E-state index contributed by atoms with van der Waals surface area (Å²) < 4.78 is 0. The second-order valence-electron chi connectivity index (χ2n) is 5.95. The second kappa shape index (κ2) is 5.52. The Morgan fingerprint density at radius 2 is 2.25 bits per heavy atom. The number of carboxylic acids is 1. The van der Waals surface area contributed by atoms with Crippen LogP contribution in [0.2, 0.25) is 0 Å². The van der Waals surface area contributed by atoms with Gasteiger partial charge in [-0.25, -0.2) is 9.78 Å². The van der Waals surface area contributed by atoms with Crippen LogP contribution in [0.3, 0.4) is 0 Å². The monoisotopic (exact) mass is 296 g/mol. The van der Waals surface area contributed by atoms with Crippen LogP contribution >= 0.6 is 11.3 Å². The van der Waals surface area contributed by atoms with Gasteiger partial charge in [-0.15, -0.1) is 11.3 Å². The number of hydrogen-bond donors (Lipinski definition) is 1. The Hall–Kier alpha value is -1.43. The minimum Gasteiger partial charge on any atom is -0.480 e. The number of aliphatic carboxylic acids is 1. The number of likely N-dealkylation sites (tertiary alicyclic amines) is 1. The van der Waals surface area contributed by atoms with Crippen LogP contribution in [-0.4, -0.2) is 39.5 Å². The van der Waals surface area contributed by atoms with Crippen LogP contribution in [0.1, 0.15) is 37.4 Å². The Balaban J connectivity index is 2.16. The van der Waals surface area contributed by atoms with E-state index < -0.39 is 17.4 Å². The van der Waals surface area contributed by atoms with Crippen LogP contribution in [-0.2, 0) is 16.0 Å². The van der Waals surface area contributed by atoms with Crippen molar-refractivity contribution < 1.29 is 14.7 Å². The fourth-order valence-electron chi connectivity index (χ4n) is 2.87. The van der Waals surface area contributed by atoms with Gasteiger partial charge in [-0.05, 0) is 25.2 Å². The van der Waals surface area contributed by atoms with Crippen molar-refractivity contribution in [2.24, 2.45) is 5.41 Å². The van der Waals surface area contributed by atoms with E-state index in [0.717, 1.165) is 23.5 Å². The van der Waals surface area contributed by atoms with E-state index in [9.17, 15) is 14.7 Å². The van der Waals surface area contributed by atoms with Crippen LogP contribution in [0.4, 0.5) is 0 Å². The summed E-state index contributed by atoms with van der Waals surface area (Å²) in [5.41, 5.74) is 0.336. The first-order chi connectivity index (χ1) is 9.31. The third-order valence-corrected chi connectivity index (χ3v) is 4.65. The van der Waals surface area contributed by atoms with E-state index in [1.807, 2.05) is 26.2 Å². The molecule has 1 amide bonds. The fourth-order valence-corrected chi connectivity index (χ4v) is 3.49. The molecule has 6 heteroatoms. The van der Waals surface area contributed by atoms with Gasteiger partial charge in [0.2, 0.25) is 5.91 Å². The van der Waals surface area contributed by atoms with E-state index in [-0.39, 0.29) is 12.3 Å². The van der Waals surface area contributed by atoms with Crippen molar-refractivity contribution in [1.29, 1.82) is 0 Å². The molecule has 1 N–H and O–H groups in total. The minimum atomic E-state index is -0.919. The Labute approximate surface area is 122 Å². The van der Waals surface area contributed by atoms with Gasteiger partial charge in [0.15, 0.2) is 0 Å². The predicted octanol–water partition coefficient (Wildman–Crippen LogP) is 2.10. The van der Waals surface area contributed by atoms with Crippen LogP contribution in [0.15, 0.2) is 5.38 Å². The quantitative estimate of drug-likeness (QED) is 0.927. The summed E-state index contributed by atoms with van der Waals surface area (Å²) in [6.07, 6.45) is 1.85. The number of piperidine rings is 1. The molecule has 1 aliphatic rings. The number of carboxylic acid groups (broad SMARTS) is 1. The number of nitrogens with zero attached hydrogens (tertiary/aromatic N) is 2. The summed E-state index contributed by atoms with van der Waals surface area (Å²) in [6, 6.07) is -0.747. The van der Waals surface area contributed by atoms with Gasteiger partial charge in [-0.3, -0.25) is 4.79 Å². The molecule has 2 rings (SSSR count). The highest BCUT2D eigenvalue weighted by molar-refractivity contribution is 7.09. The number of aromatic nitrogens is 1. The summed E-state index contributed by atoms with van der Waals surface area (Å²) in [5.74, 6) is -1.06. The van der Waals surface area contributed by atoms with Gasteiger partial charge in [0.25, 0.3) is 0 Å². The molecular formula is C14H20N2O3S. The lowest BCUT2D eigenvalue weighted by Crippen LogP contribution is -2.56. The smallest absolute Gasteiger partial charge is 0.326 e. The molecule has 110 valence electrons. The number of thiazole rings is 1. The zero-order valence-corrected chi connectivity index (χ0v) is 12.9. The molecule has 20 heavy (non-hydrogen) atoms. The van der Waals surface area contributed by atoms with Crippen molar-refractivity contribution in [3.05, 3.63) is 16.1 Å². The Morgan fingerprint density at radius 1 is 1.55 bits per heavy atom. The van der Waals surface area contributed by atoms with Crippen LogP contribution < -0.4 is 0 Å². The Kier molecular flexibility index (Phi) is 4.13. The maximum Gasteiger partial charge on any atom is 0.326 e. The summed E-state index contributed by atoms with van der Waals surface area (Å²) in [4.78, 5) is 29.7. The zero-order valence-electron chi connectivity index (χ0n) is 12.0. The molecule has 1 aromatic rings.